The molecular formula is C28H25Cl2NO4. The Morgan fingerprint density at radius 2 is 1.51 bits per heavy atom. The van der Waals surface area contributed by atoms with Crippen LogP contribution in [-0.2, 0) is 9.53 Å². The number of ether oxygens (including phenoxy) is 1. The Balaban J connectivity index is 2.14. The van der Waals surface area contributed by atoms with Gasteiger partial charge in [0.25, 0.3) is 5.56 Å². The Bertz CT molecular complexity index is 1470. The number of aryl methyl sites for hydroxylation is 1. The second kappa shape index (κ2) is 9.50. The average molecular weight is 510 g/mol. The molecule has 7 heteroatoms. The zero-order valence-electron chi connectivity index (χ0n) is 19.8. The van der Waals surface area contributed by atoms with E-state index in [-0.39, 0.29) is 5.56 Å². The van der Waals surface area contributed by atoms with E-state index in [1.807, 2.05) is 45.9 Å². The summed E-state index contributed by atoms with van der Waals surface area (Å²) in [5, 5.41) is 12.0. The number of fused-ring (bicyclic) bond motifs is 1. The van der Waals surface area contributed by atoms with Crippen LogP contribution < -0.4 is 5.56 Å². The lowest BCUT2D eigenvalue weighted by Crippen LogP contribution is -2.28. The number of benzene rings is 3. The third kappa shape index (κ3) is 5.13. The molecule has 5 nitrogen and oxygen atoms in total. The minimum Gasteiger partial charge on any atom is -0.479 e. The number of carboxylic acid groups (broad SMARTS) is 1. The number of rotatable bonds is 5. The van der Waals surface area contributed by atoms with Gasteiger partial charge in [-0.15, -0.1) is 0 Å². The van der Waals surface area contributed by atoms with Gasteiger partial charge in [0.2, 0.25) is 0 Å². The topological polar surface area (TPSA) is 68.5 Å². The van der Waals surface area contributed by atoms with E-state index in [2.05, 4.69) is 0 Å². The Kier molecular flexibility index (Phi) is 6.78. The van der Waals surface area contributed by atoms with Crippen LogP contribution in [0.2, 0.25) is 10.0 Å². The number of hydrogen-bond donors (Lipinski definition) is 1. The molecule has 3 aromatic carbocycles. The average Bonchev–Trinajstić information content (AvgIpc) is 2.78. The largest absolute Gasteiger partial charge is 0.479 e. The number of carboxylic acids is 1. The van der Waals surface area contributed by atoms with E-state index < -0.39 is 17.7 Å². The molecule has 0 aliphatic rings. The maximum atomic E-state index is 13.0. The molecule has 0 saturated carbocycles. The normalized spacial score (nSPS) is 12.6. The SMILES string of the molecule is Cc1cc2c(ccc(=O)n2-c2ccc(Cl)cc2)c(-c2ccc(Cl)cc2)c1[C@H](OC(C)(C)C)C(=O)O. The maximum Gasteiger partial charge on any atom is 0.337 e. The van der Waals surface area contributed by atoms with Crippen LogP contribution >= 0.6 is 23.2 Å². The van der Waals surface area contributed by atoms with Crippen LogP contribution in [0, 0.1) is 6.92 Å². The molecule has 0 fully saturated rings. The fourth-order valence-electron chi connectivity index (χ4n) is 4.24. The predicted molar refractivity (Wildman–Crippen MR) is 141 cm³/mol. The summed E-state index contributed by atoms with van der Waals surface area (Å²) in [4.78, 5) is 25.5. The van der Waals surface area contributed by atoms with Crippen molar-refractivity contribution < 1.29 is 14.6 Å². The lowest BCUT2D eigenvalue weighted by atomic mass is 9.88. The van der Waals surface area contributed by atoms with Gasteiger partial charge in [-0.3, -0.25) is 9.36 Å². The number of carbonyl (C=O) groups is 1. The van der Waals surface area contributed by atoms with Crippen LogP contribution in [-0.4, -0.2) is 21.2 Å². The van der Waals surface area contributed by atoms with Gasteiger partial charge in [-0.1, -0.05) is 35.3 Å². The molecule has 0 amide bonds. The smallest absolute Gasteiger partial charge is 0.337 e. The lowest BCUT2D eigenvalue weighted by Gasteiger charge is -2.29. The molecule has 1 atom stereocenters. The van der Waals surface area contributed by atoms with Crippen molar-refractivity contribution in [2.24, 2.45) is 0 Å². The summed E-state index contributed by atoms with van der Waals surface area (Å²) in [6.07, 6.45) is -1.22. The van der Waals surface area contributed by atoms with Crippen molar-refractivity contribution in [2.45, 2.75) is 39.4 Å². The van der Waals surface area contributed by atoms with Gasteiger partial charge in [-0.05, 0) is 92.9 Å². The number of halogens is 2. The molecule has 0 saturated heterocycles. The molecule has 0 unspecified atom stereocenters. The van der Waals surface area contributed by atoms with E-state index in [9.17, 15) is 14.7 Å². The second-order valence-electron chi connectivity index (χ2n) is 9.35. The Labute approximate surface area is 213 Å². The fourth-order valence-corrected chi connectivity index (χ4v) is 4.49. The van der Waals surface area contributed by atoms with Gasteiger partial charge < -0.3 is 9.84 Å². The van der Waals surface area contributed by atoms with Crippen molar-refractivity contribution in [3.63, 3.8) is 0 Å². The van der Waals surface area contributed by atoms with Crippen molar-refractivity contribution in [1.29, 1.82) is 0 Å². The fraction of sp³-hybridized carbons (Fsp3) is 0.214. The minimum absolute atomic E-state index is 0.213. The summed E-state index contributed by atoms with van der Waals surface area (Å²) in [6, 6.07) is 19.2. The molecule has 0 radical (unpaired) electrons. The van der Waals surface area contributed by atoms with Gasteiger partial charge in [-0.2, -0.15) is 0 Å². The highest BCUT2D eigenvalue weighted by atomic mass is 35.5. The molecule has 1 N–H and O–H groups in total. The second-order valence-corrected chi connectivity index (χ2v) is 10.2. The van der Waals surface area contributed by atoms with Crippen molar-refractivity contribution >= 4 is 40.1 Å². The van der Waals surface area contributed by atoms with E-state index in [1.165, 1.54) is 6.07 Å². The summed E-state index contributed by atoms with van der Waals surface area (Å²) < 4.78 is 7.64. The number of pyridine rings is 1. The lowest BCUT2D eigenvalue weighted by molar-refractivity contribution is -0.160. The van der Waals surface area contributed by atoms with Crippen molar-refractivity contribution in [3.05, 3.63) is 98.3 Å². The first kappa shape index (κ1) is 25.0. The van der Waals surface area contributed by atoms with Gasteiger partial charge in [0, 0.05) is 32.7 Å². The molecule has 1 aromatic heterocycles. The van der Waals surface area contributed by atoms with Crippen LogP contribution in [0.5, 0.6) is 0 Å². The highest BCUT2D eigenvalue weighted by Crippen LogP contribution is 2.40. The molecule has 0 aliphatic carbocycles. The van der Waals surface area contributed by atoms with E-state index >= 15 is 0 Å². The van der Waals surface area contributed by atoms with Crippen LogP contribution in [0.25, 0.3) is 27.7 Å². The molecule has 180 valence electrons. The summed E-state index contributed by atoms with van der Waals surface area (Å²) in [5.74, 6) is -1.09. The quantitative estimate of drug-likeness (QED) is 0.308. The summed E-state index contributed by atoms with van der Waals surface area (Å²) in [5.41, 5.74) is 3.04. The molecular weight excluding hydrogens is 485 g/mol. The van der Waals surface area contributed by atoms with E-state index in [0.29, 0.717) is 43.3 Å². The number of nitrogens with zero attached hydrogens (tertiary/aromatic N) is 1. The van der Waals surface area contributed by atoms with Crippen molar-refractivity contribution in [1.82, 2.24) is 4.57 Å². The van der Waals surface area contributed by atoms with Gasteiger partial charge in [0.05, 0.1) is 11.1 Å². The summed E-state index contributed by atoms with van der Waals surface area (Å²) >= 11 is 12.2. The number of hydrogen-bond acceptors (Lipinski definition) is 3. The summed E-state index contributed by atoms with van der Waals surface area (Å²) in [6.45, 7) is 7.29. The van der Waals surface area contributed by atoms with Gasteiger partial charge in [-0.25, -0.2) is 4.79 Å². The predicted octanol–water partition coefficient (Wildman–Crippen LogP) is 7.21. The monoisotopic (exact) mass is 509 g/mol. The zero-order valence-corrected chi connectivity index (χ0v) is 21.3. The van der Waals surface area contributed by atoms with Crippen LogP contribution in [0.1, 0.15) is 38.0 Å². The highest BCUT2D eigenvalue weighted by molar-refractivity contribution is 6.31. The van der Waals surface area contributed by atoms with Crippen LogP contribution in [0.15, 0.2) is 71.5 Å². The van der Waals surface area contributed by atoms with E-state index in [0.717, 1.165) is 5.56 Å². The Morgan fingerprint density at radius 1 is 0.943 bits per heavy atom. The van der Waals surface area contributed by atoms with Gasteiger partial charge in [0.15, 0.2) is 6.10 Å². The maximum absolute atomic E-state index is 13.0. The van der Waals surface area contributed by atoms with E-state index in [1.54, 1.807) is 47.0 Å². The Hall–Kier alpha value is -3.12. The molecule has 1 heterocycles. The van der Waals surface area contributed by atoms with Crippen LogP contribution in [0.4, 0.5) is 0 Å². The molecule has 4 rings (SSSR count). The third-order valence-electron chi connectivity index (χ3n) is 5.62. The third-order valence-corrected chi connectivity index (χ3v) is 6.13. The molecule has 4 aromatic rings. The Morgan fingerprint density at radius 3 is 2.06 bits per heavy atom. The molecule has 35 heavy (non-hydrogen) atoms. The summed E-state index contributed by atoms with van der Waals surface area (Å²) in [7, 11) is 0. The number of aromatic nitrogens is 1. The number of aliphatic carboxylic acids is 1. The molecule has 0 spiro atoms. The first-order valence-electron chi connectivity index (χ1n) is 11.1. The molecule has 0 aliphatic heterocycles. The van der Waals surface area contributed by atoms with Crippen LogP contribution in [0.3, 0.4) is 0 Å². The first-order valence-corrected chi connectivity index (χ1v) is 11.8. The standard InChI is InChI=1S/C28H25Cl2NO4/c1-16-15-22-21(13-14-23(32)31(22)20-11-9-19(30)10-12-20)25(17-5-7-18(29)8-6-17)24(16)26(27(33)34)35-28(2,3)4/h5-15,26H,1-4H3,(H,33,34)/t26-/m0/s1. The van der Waals surface area contributed by atoms with Gasteiger partial charge in [0.1, 0.15) is 0 Å². The van der Waals surface area contributed by atoms with Gasteiger partial charge >= 0.3 is 5.97 Å². The van der Waals surface area contributed by atoms with E-state index in [4.69, 9.17) is 27.9 Å². The van der Waals surface area contributed by atoms with Crippen molar-refractivity contribution in [2.75, 3.05) is 0 Å². The zero-order chi connectivity index (χ0) is 25.5. The highest BCUT2D eigenvalue weighted by Gasteiger charge is 2.32. The molecule has 0 bridgehead atoms. The first-order chi connectivity index (χ1) is 16.5. The minimum atomic E-state index is -1.22. The van der Waals surface area contributed by atoms with Crippen molar-refractivity contribution in [3.8, 4) is 16.8 Å².